The van der Waals surface area contributed by atoms with Crippen molar-refractivity contribution in [3.63, 3.8) is 0 Å². The van der Waals surface area contributed by atoms with Gasteiger partial charge in [-0.05, 0) is 19.4 Å². The van der Waals surface area contributed by atoms with Gasteiger partial charge in [0.05, 0.1) is 6.61 Å². The maximum absolute atomic E-state index is 11.9. The summed E-state index contributed by atoms with van der Waals surface area (Å²) in [6, 6.07) is 7.63. The zero-order valence-electron chi connectivity index (χ0n) is 12.5. The first-order valence-electron chi connectivity index (χ1n) is 6.87. The molecule has 112 valence electrons. The van der Waals surface area contributed by atoms with E-state index in [0.717, 1.165) is 17.7 Å². The lowest BCUT2D eigenvalue weighted by Gasteiger charge is -2.18. The number of methoxy groups -OCH3 is 1. The minimum atomic E-state index is -0.0904. The molecule has 0 radical (unpaired) electrons. The summed E-state index contributed by atoms with van der Waals surface area (Å²) in [4.78, 5) is 13.6. The van der Waals surface area contributed by atoms with Crippen molar-refractivity contribution in [3.8, 4) is 5.75 Å². The fourth-order valence-electron chi connectivity index (χ4n) is 1.80. The maximum atomic E-state index is 11.9. The van der Waals surface area contributed by atoms with Crippen molar-refractivity contribution >= 4 is 6.03 Å². The smallest absolute Gasteiger partial charge is 0.317 e. The van der Waals surface area contributed by atoms with Gasteiger partial charge < -0.3 is 19.7 Å². The van der Waals surface area contributed by atoms with E-state index in [1.54, 1.807) is 19.1 Å². The Balaban J connectivity index is 2.44. The van der Waals surface area contributed by atoms with Crippen LogP contribution in [-0.2, 0) is 11.3 Å². The molecular formula is C15H24N2O3. The van der Waals surface area contributed by atoms with Crippen molar-refractivity contribution in [2.45, 2.75) is 19.9 Å². The lowest BCUT2D eigenvalue weighted by atomic mass is 10.2. The second-order valence-electron chi connectivity index (χ2n) is 4.47. The van der Waals surface area contributed by atoms with Gasteiger partial charge in [-0.1, -0.05) is 18.2 Å². The number of benzene rings is 1. The predicted molar refractivity (Wildman–Crippen MR) is 79.0 cm³/mol. The van der Waals surface area contributed by atoms with Gasteiger partial charge in [0, 0.05) is 39.4 Å². The van der Waals surface area contributed by atoms with E-state index in [2.05, 4.69) is 5.32 Å². The van der Waals surface area contributed by atoms with Crippen LogP contribution in [0.1, 0.15) is 18.9 Å². The third-order valence-corrected chi connectivity index (χ3v) is 2.89. The van der Waals surface area contributed by atoms with E-state index in [9.17, 15) is 4.79 Å². The molecule has 1 aromatic carbocycles. The number of hydrogen-bond donors (Lipinski definition) is 1. The Morgan fingerprint density at radius 3 is 2.80 bits per heavy atom. The lowest BCUT2D eigenvalue weighted by Crippen LogP contribution is -2.37. The Bertz CT molecular complexity index is 410. The SMILES string of the molecule is CCOc1ccccc1CNC(=O)N(C)CCCOC. The summed E-state index contributed by atoms with van der Waals surface area (Å²) < 4.78 is 10.5. The highest BCUT2D eigenvalue weighted by molar-refractivity contribution is 5.73. The van der Waals surface area contributed by atoms with E-state index in [1.165, 1.54) is 0 Å². The van der Waals surface area contributed by atoms with Crippen molar-refractivity contribution in [2.24, 2.45) is 0 Å². The number of urea groups is 1. The molecule has 1 aromatic rings. The number of hydrogen-bond acceptors (Lipinski definition) is 3. The summed E-state index contributed by atoms with van der Waals surface area (Å²) in [5, 5.41) is 2.89. The molecule has 0 unspecified atom stereocenters. The fourth-order valence-corrected chi connectivity index (χ4v) is 1.80. The highest BCUT2D eigenvalue weighted by Gasteiger charge is 2.09. The Kier molecular flexibility index (Phi) is 7.50. The van der Waals surface area contributed by atoms with Crippen LogP contribution in [-0.4, -0.2) is 44.8 Å². The van der Waals surface area contributed by atoms with E-state index in [-0.39, 0.29) is 6.03 Å². The second-order valence-corrected chi connectivity index (χ2v) is 4.47. The van der Waals surface area contributed by atoms with Crippen LogP contribution in [0, 0.1) is 0 Å². The fraction of sp³-hybridized carbons (Fsp3) is 0.533. The molecule has 0 aliphatic heterocycles. The number of para-hydroxylation sites is 1. The number of nitrogens with zero attached hydrogens (tertiary/aromatic N) is 1. The van der Waals surface area contributed by atoms with E-state index >= 15 is 0 Å². The molecule has 0 spiro atoms. The molecule has 0 aliphatic rings. The average Bonchev–Trinajstić information content (AvgIpc) is 2.46. The summed E-state index contributed by atoms with van der Waals surface area (Å²) in [5.41, 5.74) is 0.980. The van der Waals surface area contributed by atoms with Crippen LogP contribution in [0.4, 0.5) is 4.79 Å². The molecule has 0 saturated carbocycles. The second kappa shape index (κ2) is 9.20. The lowest BCUT2D eigenvalue weighted by molar-refractivity contribution is 0.175. The van der Waals surface area contributed by atoms with Gasteiger partial charge in [0.15, 0.2) is 0 Å². The van der Waals surface area contributed by atoms with Gasteiger partial charge in [0.1, 0.15) is 5.75 Å². The van der Waals surface area contributed by atoms with Crippen LogP contribution >= 0.6 is 0 Å². The quantitative estimate of drug-likeness (QED) is 0.743. The normalized spacial score (nSPS) is 10.2. The minimum Gasteiger partial charge on any atom is -0.494 e. The maximum Gasteiger partial charge on any atom is 0.317 e. The van der Waals surface area contributed by atoms with Crippen LogP contribution in [0.2, 0.25) is 0 Å². The summed E-state index contributed by atoms with van der Waals surface area (Å²) in [7, 11) is 3.43. The van der Waals surface area contributed by atoms with E-state index < -0.39 is 0 Å². The molecule has 1 rings (SSSR count). The number of carbonyl (C=O) groups excluding carboxylic acids is 1. The van der Waals surface area contributed by atoms with E-state index in [4.69, 9.17) is 9.47 Å². The molecule has 0 heterocycles. The highest BCUT2D eigenvalue weighted by atomic mass is 16.5. The summed E-state index contributed by atoms with van der Waals surface area (Å²) in [5.74, 6) is 0.817. The summed E-state index contributed by atoms with van der Waals surface area (Å²) in [6.45, 7) is 4.35. The van der Waals surface area contributed by atoms with Crippen LogP contribution in [0.25, 0.3) is 0 Å². The number of nitrogens with one attached hydrogen (secondary N) is 1. The molecule has 0 aliphatic carbocycles. The first-order valence-corrected chi connectivity index (χ1v) is 6.87. The number of rotatable bonds is 8. The topological polar surface area (TPSA) is 50.8 Å². The van der Waals surface area contributed by atoms with Crippen molar-refractivity contribution in [1.82, 2.24) is 10.2 Å². The molecule has 0 fully saturated rings. The highest BCUT2D eigenvalue weighted by Crippen LogP contribution is 2.17. The number of carbonyl (C=O) groups is 1. The third-order valence-electron chi connectivity index (χ3n) is 2.89. The van der Waals surface area contributed by atoms with Gasteiger partial charge in [0.2, 0.25) is 0 Å². The van der Waals surface area contributed by atoms with Crippen molar-refractivity contribution in [2.75, 3.05) is 33.9 Å². The van der Waals surface area contributed by atoms with E-state index in [1.807, 2.05) is 31.2 Å². The van der Waals surface area contributed by atoms with Gasteiger partial charge >= 0.3 is 6.03 Å². The van der Waals surface area contributed by atoms with Crippen LogP contribution in [0.5, 0.6) is 5.75 Å². The van der Waals surface area contributed by atoms with Gasteiger partial charge in [-0.3, -0.25) is 0 Å². The van der Waals surface area contributed by atoms with Gasteiger partial charge in [-0.25, -0.2) is 4.79 Å². The number of ether oxygens (including phenoxy) is 2. The molecule has 0 bridgehead atoms. The van der Waals surface area contributed by atoms with E-state index in [0.29, 0.717) is 26.3 Å². The van der Waals surface area contributed by atoms with Crippen molar-refractivity contribution in [1.29, 1.82) is 0 Å². The molecule has 2 amide bonds. The standard InChI is InChI=1S/C15H24N2O3/c1-4-20-14-9-6-5-8-13(14)12-16-15(18)17(2)10-7-11-19-3/h5-6,8-9H,4,7,10-12H2,1-3H3,(H,16,18). The van der Waals surface area contributed by atoms with Crippen LogP contribution in [0.3, 0.4) is 0 Å². The Labute approximate surface area is 120 Å². The molecule has 5 heteroatoms. The van der Waals surface area contributed by atoms with Gasteiger partial charge in [-0.2, -0.15) is 0 Å². The Morgan fingerprint density at radius 2 is 2.10 bits per heavy atom. The average molecular weight is 280 g/mol. The molecular weight excluding hydrogens is 256 g/mol. The first kappa shape index (κ1) is 16.3. The summed E-state index contributed by atoms with van der Waals surface area (Å²) in [6.07, 6.45) is 0.829. The van der Waals surface area contributed by atoms with Crippen LogP contribution in [0.15, 0.2) is 24.3 Å². The monoisotopic (exact) mass is 280 g/mol. The Hall–Kier alpha value is -1.75. The predicted octanol–water partition coefficient (Wildman–Crippen LogP) is 2.26. The largest absolute Gasteiger partial charge is 0.494 e. The molecule has 0 atom stereocenters. The molecule has 0 saturated heterocycles. The number of amides is 2. The van der Waals surface area contributed by atoms with Crippen molar-refractivity contribution in [3.05, 3.63) is 29.8 Å². The molecule has 20 heavy (non-hydrogen) atoms. The Morgan fingerprint density at radius 1 is 1.35 bits per heavy atom. The van der Waals surface area contributed by atoms with Crippen LogP contribution < -0.4 is 10.1 Å². The minimum absolute atomic E-state index is 0.0904. The summed E-state index contributed by atoms with van der Waals surface area (Å²) >= 11 is 0. The van der Waals surface area contributed by atoms with Gasteiger partial charge in [0.25, 0.3) is 0 Å². The first-order chi connectivity index (χ1) is 9.69. The molecule has 0 aromatic heterocycles. The molecule has 5 nitrogen and oxygen atoms in total. The van der Waals surface area contributed by atoms with Crippen molar-refractivity contribution < 1.29 is 14.3 Å². The van der Waals surface area contributed by atoms with Gasteiger partial charge in [-0.15, -0.1) is 0 Å². The third kappa shape index (κ3) is 5.48. The zero-order valence-corrected chi connectivity index (χ0v) is 12.5. The zero-order chi connectivity index (χ0) is 14.8. The molecule has 1 N–H and O–H groups in total.